The number of aryl methyl sites for hydroxylation is 1. The number of anilines is 1. The van der Waals surface area contributed by atoms with Crippen molar-refractivity contribution in [2.75, 3.05) is 5.32 Å². The predicted octanol–water partition coefficient (Wildman–Crippen LogP) is 9.26. The van der Waals surface area contributed by atoms with Crippen LogP contribution < -0.4 is 5.32 Å². The van der Waals surface area contributed by atoms with Crippen LogP contribution in [0.3, 0.4) is 0 Å². The Balaban J connectivity index is 1.64. The molecule has 0 aliphatic carbocycles. The number of hydrogen-bond acceptors (Lipinski definition) is 4. The summed E-state index contributed by atoms with van der Waals surface area (Å²) in [6.45, 7) is 11.0. The average molecular weight is 555 g/mol. The van der Waals surface area contributed by atoms with Gasteiger partial charge in [0.25, 0.3) is 0 Å². The summed E-state index contributed by atoms with van der Waals surface area (Å²) < 4.78 is 1.03. The molecule has 180 valence electrons. The molecule has 0 saturated carbocycles. The lowest BCUT2D eigenvalue weighted by atomic mass is 10.1. The number of hydrogen-bond donors (Lipinski definition) is 1. The van der Waals surface area contributed by atoms with E-state index >= 15 is 0 Å². The van der Waals surface area contributed by atoms with Crippen LogP contribution in [0, 0.1) is 6.92 Å². The summed E-state index contributed by atoms with van der Waals surface area (Å²) >= 11 is 5.17. The Morgan fingerprint density at radius 2 is 1.86 bits per heavy atom. The number of thioether (sulfide) groups is 1. The van der Waals surface area contributed by atoms with Crippen LogP contribution in [0.2, 0.25) is 0 Å². The van der Waals surface area contributed by atoms with E-state index in [9.17, 15) is 0 Å². The molecule has 0 bridgehead atoms. The highest BCUT2D eigenvalue weighted by Gasteiger charge is 2.12. The Labute approximate surface area is 225 Å². The first-order valence-corrected chi connectivity index (χ1v) is 13.3. The van der Waals surface area contributed by atoms with Crippen molar-refractivity contribution in [1.82, 2.24) is 9.97 Å². The van der Waals surface area contributed by atoms with Gasteiger partial charge in [0.1, 0.15) is 5.82 Å². The Kier molecular flexibility index (Phi) is 8.61. The van der Waals surface area contributed by atoms with Gasteiger partial charge < -0.3 is 5.32 Å². The first-order chi connectivity index (χ1) is 17.4. The van der Waals surface area contributed by atoms with Crippen LogP contribution in [0.15, 0.2) is 117 Å². The van der Waals surface area contributed by atoms with Gasteiger partial charge in [0.2, 0.25) is 0 Å². The number of fused-ring (bicyclic) bond motifs is 1. The summed E-state index contributed by atoms with van der Waals surface area (Å²) in [5, 5.41) is 4.61. The van der Waals surface area contributed by atoms with E-state index in [2.05, 4.69) is 82.9 Å². The fourth-order valence-corrected chi connectivity index (χ4v) is 4.75. The molecule has 36 heavy (non-hydrogen) atoms. The number of nitrogens with zero attached hydrogens (tertiary/aromatic N) is 2. The lowest BCUT2D eigenvalue weighted by Crippen LogP contribution is -2.05. The third-order valence-electron chi connectivity index (χ3n) is 5.61. The van der Waals surface area contributed by atoms with Gasteiger partial charge in [-0.15, -0.1) is 5.73 Å². The van der Waals surface area contributed by atoms with Gasteiger partial charge in [-0.05, 0) is 62.7 Å². The van der Waals surface area contributed by atoms with E-state index in [1.165, 1.54) is 11.1 Å². The zero-order valence-electron chi connectivity index (χ0n) is 20.7. The summed E-state index contributed by atoms with van der Waals surface area (Å²) in [5.74, 6) is 1.52. The highest BCUT2D eigenvalue weighted by molar-refractivity contribution is 9.10. The molecule has 1 aromatic heterocycles. The minimum atomic E-state index is 0.632. The number of rotatable bonds is 8. The van der Waals surface area contributed by atoms with Crippen molar-refractivity contribution >= 4 is 44.4 Å². The molecule has 0 unspecified atom stereocenters. The van der Waals surface area contributed by atoms with Crippen LogP contribution in [0.1, 0.15) is 25.0 Å². The predicted molar refractivity (Wildman–Crippen MR) is 158 cm³/mol. The number of nitrogens with one attached hydrogen (secondary N) is 1. The SMILES string of the molecule is C=C(Sc1ccccc1CNc1nc(-c2ccc(Br)cc2)nc2ccc(C)cc12)C(C)=C=C/C=C\C. The Morgan fingerprint density at radius 3 is 2.64 bits per heavy atom. The molecule has 0 atom stereocenters. The minimum absolute atomic E-state index is 0.632. The molecular weight excluding hydrogens is 526 g/mol. The second kappa shape index (κ2) is 12.0. The van der Waals surface area contributed by atoms with E-state index in [4.69, 9.17) is 9.97 Å². The monoisotopic (exact) mass is 553 g/mol. The normalized spacial score (nSPS) is 10.9. The Hall–Kier alpha value is -3.37. The van der Waals surface area contributed by atoms with Crippen molar-refractivity contribution in [2.45, 2.75) is 32.2 Å². The third-order valence-corrected chi connectivity index (χ3v) is 7.31. The molecular formula is C31H28BrN3S. The van der Waals surface area contributed by atoms with Gasteiger partial charge in [-0.1, -0.05) is 88.4 Å². The van der Waals surface area contributed by atoms with Gasteiger partial charge in [-0.3, -0.25) is 0 Å². The van der Waals surface area contributed by atoms with Crippen molar-refractivity contribution in [3.8, 4) is 11.4 Å². The Morgan fingerprint density at radius 1 is 1.08 bits per heavy atom. The maximum atomic E-state index is 4.93. The number of benzene rings is 3. The molecule has 0 aliphatic heterocycles. The maximum absolute atomic E-state index is 4.93. The van der Waals surface area contributed by atoms with E-state index < -0.39 is 0 Å². The molecule has 1 heterocycles. The van der Waals surface area contributed by atoms with Crippen LogP contribution in [-0.4, -0.2) is 9.97 Å². The van der Waals surface area contributed by atoms with Crippen molar-refractivity contribution in [3.05, 3.63) is 123 Å². The molecule has 4 aromatic rings. The largest absolute Gasteiger partial charge is 0.365 e. The van der Waals surface area contributed by atoms with E-state index in [0.717, 1.165) is 42.1 Å². The highest BCUT2D eigenvalue weighted by atomic mass is 79.9. The van der Waals surface area contributed by atoms with Crippen molar-refractivity contribution in [3.63, 3.8) is 0 Å². The van der Waals surface area contributed by atoms with Gasteiger partial charge in [0, 0.05) is 37.3 Å². The topological polar surface area (TPSA) is 37.8 Å². The second-order valence-electron chi connectivity index (χ2n) is 8.37. The van der Waals surface area contributed by atoms with Gasteiger partial charge in [-0.25, -0.2) is 9.97 Å². The first-order valence-electron chi connectivity index (χ1n) is 11.7. The smallest absolute Gasteiger partial charge is 0.162 e. The van der Waals surface area contributed by atoms with Gasteiger partial charge >= 0.3 is 0 Å². The van der Waals surface area contributed by atoms with Crippen LogP contribution in [0.5, 0.6) is 0 Å². The number of allylic oxidation sites excluding steroid dienone is 3. The molecule has 0 amide bonds. The first kappa shape index (κ1) is 25.7. The lowest BCUT2D eigenvalue weighted by Gasteiger charge is -2.14. The summed E-state index contributed by atoms with van der Waals surface area (Å²) in [6.07, 6.45) is 5.87. The van der Waals surface area contributed by atoms with Gasteiger partial charge in [-0.2, -0.15) is 0 Å². The zero-order valence-corrected chi connectivity index (χ0v) is 23.1. The zero-order chi connectivity index (χ0) is 25.5. The van der Waals surface area contributed by atoms with Gasteiger partial charge in [0.15, 0.2) is 5.82 Å². The van der Waals surface area contributed by atoms with E-state index in [0.29, 0.717) is 12.4 Å². The molecule has 3 nitrogen and oxygen atoms in total. The molecule has 4 rings (SSSR count). The molecule has 0 radical (unpaired) electrons. The number of halogens is 1. The van der Waals surface area contributed by atoms with E-state index in [1.54, 1.807) is 11.8 Å². The molecule has 0 spiro atoms. The molecule has 3 aromatic carbocycles. The van der Waals surface area contributed by atoms with Gasteiger partial charge in [0.05, 0.1) is 5.52 Å². The lowest BCUT2D eigenvalue weighted by molar-refractivity contribution is 1.07. The third kappa shape index (κ3) is 6.44. The van der Waals surface area contributed by atoms with E-state index in [-0.39, 0.29) is 0 Å². The number of aromatic nitrogens is 2. The maximum Gasteiger partial charge on any atom is 0.162 e. The quantitative estimate of drug-likeness (QED) is 0.134. The average Bonchev–Trinajstić information content (AvgIpc) is 2.88. The fourth-order valence-electron chi connectivity index (χ4n) is 3.59. The Bertz CT molecular complexity index is 1500. The molecule has 5 heteroatoms. The summed E-state index contributed by atoms with van der Waals surface area (Å²) in [5.41, 5.74) is 8.55. The van der Waals surface area contributed by atoms with Crippen molar-refractivity contribution in [1.29, 1.82) is 0 Å². The van der Waals surface area contributed by atoms with E-state index in [1.807, 2.05) is 56.3 Å². The second-order valence-corrected chi connectivity index (χ2v) is 10.4. The van der Waals surface area contributed by atoms with Crippen molar-refractivity contribution in [2.24, 2.45) is 0 Å². The molecule has 1 N–H and O–H groups in total. The molecule has 0 saturated heterocycles. The van der Waals surface area contributed by atoms with Crippen LogP contribution in [-0.2, 0) is 6.54 Å². The van der Waals surface area contributed by atoms with Crippen LogP contribution in [0.4, 0.5) is 5.82 Å². The van der Waals surface area contributed by atoms with Crippen LogP contribution >= 0.6 is 27.7 Å². The molecule has 0 aliphatic rings. The highest BCUT2D eigenvalue weighted by Crippen LogP contribution is 2.33. The molecule has 0 fully saturated rings. The fraction of sp³-hybridized carbons (Fsp3) is 0.129. The standard InChI is InChI=1S/C31H28BrN3S/c1-5-6-7-10-22(3)23(4)36-29-12-9-8-11-25(29)20-33-31-27-19-21(2)13-18-28(27)34-30(35-31)24-14-16-26(32)17-15-24/h5-9,11-19H,4,20H2,1-3H3,(H,33,34,35)/b6-5-. The van der Waals surface area contributed by atoms with Crippen molar-refractivity contribution < 1.29 is 0 Å². The minimum Gasteiger partial charge on any atom is -0.365 e. The summed E-state index contributed by atoms with van der Waals surface area (Å²) in [7, 11) is 0. The summed E-state index contributed by atoms with van der Waals surface area (Å²) in [4.78, 5) is 11.9. The van der Waals surface area contributed by atoms with Crippen LogP contribution in [0.25, 0.3) is 22.3 Å². The summed E-state index contributed by atoms with van der Waals surface area (Å²) in [6, 6.07) is 22.8.